The number of nitrogens with one attached hydrogen (secondary N) is 1. The highest BCUT2D eigenvalue weighted by Crippen LogP contribution is 2.41. The van der Waals surface area contributed by atoms with Gasteiger partial charge in [-0.3, -0.25) is 0 Å². The van der Waals surface area contributed by atoms with E-state index in [1.54, 1.807) is 0 Å². The van der Waals surface area contributed by atoms with E-state index in [1.807, 2.05) is 7.11 Å². The molecule has 0 amide bonds. The van der Waals surface area contributed by atoms with Crippen LogP contribution in [-0.4, -0.2) is 51.3 Å². The molecule has 2 fully saturated rings. The molecule has 0 unspecified atom stereocenters. The molecule has 1 saturated carbocycles. The summed E-state index contributed by atoms with van der Waals surface area (Å²) >= 11 is 0. The Morgan fingerprint density at radius 1 is 1.24 bits per heavy atom. The zero-order valence-electron chi connectivity index (χ0n) is 13.3. The van der Waals surface area contributed by atoms with Crippen LogP contribution >= 0.6 is 0 Å². The standard InChI is InChI=1S/C18H28N2O/c1-20-10-8-18(9-11-20,14-21-2)13-19-17-12-16(17)15-6-4-3-5-7-15/h3-7,16-17,19H,8-14H2,1-2H3/t16-,17+/m0/s1. The monoisotopic (exact) mass is 288 g/mol. The van der Waals surface area contributed by atoms with Crippen molar-refractivity contribution in [2.24, 2.45) is 5.41 Å². The Balaban J connectivity index is 1.52. The van der Waals surface area contributed by atoms with Crippen molar-refractivity contribution in [1.29, 1.82) is 0 Å². The molecule has 116 valence electrons. The first-order valence-corrected chi connectivity index (χ1v) is 8.18. The quantitative estimate of drug-likeness (QED) is 0.870. The lowest BCUT2D eigenvalue weighted by molar-refractivity contribution is 0.0278. The fourth-order valence-corrected chi connectivity index (χ4v) is 3.61. The largest absolute Gasteiger partial charge is 0.384 e. The summed E-state index contributed by atoms with van der Waals surface area (Å²) in [6, 6.07) is 11.6. The summed E-state index contributed by atoms with van der Waals surface area (Å²) in [5.41, 5.74) is 1.82. The van der Waals surface area contributed by atoms with Gasteiger partial charge in [-0.25, -0.2) is 0 Å². The van der Waals surface area contributed by atoms with E-state index in [0.29, 0.717) is 11.5 Å². The maximum absolute atomic E-state index is 5.53. The van der Waals surface area contributed by atoms with Gasteiger partial charge in [-0.1, -0.05) is 30.3 Å². The lowest BCUT2D eigenvalue weighted by Crippen LogP contribution is -2.47. The molecule has 1 heterocycles. The van der Waals surface area contributed by atoms with Gasteiger partial charge >= 0.3 is 0 Å². The number of hydrogen-bond donors (Lipinski definition) is 1. The third-order valence-electron chi connectivity index (χ3n) is 5.26. The number of rotatable bonds is 6. The first-order valence-electron chi connectivity index (χ1n) is 8.18. The molecule has 0 bridgehead atoms. The Morgan fingerprint density at radius 2 is 1.95 bits per heavy atom. The highest BCUT2D eigenvalue weighted by Gasteiger charge is 2.41. The summed E-state index contributed by atoms with van der Waals surface area (Å²) in [6.07, 6.45) is 3.77. The fourth-order valence-electron chi connectivity index (χ4n) is 3.61. The van der Waals surface area contributed by atoms with Crippen LogP contribution in [0.2, 0.25) is 0 Å². The molecule has 0 aromatic heterocycles. The Morgan fingerprint density at radius 3 is 2.62 bits per heavy atom. The first-order chi connectivity index (χ1) is 10.2. The molecule has 3 rings (SSSR count). The van der Waals surface area contributed by atoms with Crippen molar-refractivity contribution in [2.75, 3.05) is 40.4 Å². The number of ether oxygens (including phenoxy) is 1. The smallest absolute Gasteiger partial charge is 0.0531 e. The zero-order valence-corrected chi connectivity index (χ0v) is 13.3. The molecule has 1 N–H and O–H groups in total. The molecule has 1 aliphatic carbocycles. The van der Waals surface area contributed by atoms with Gasteiger partial charge in [0.15, 0.2) is 0 Å². The van der Waals surface area contributed by atoms with Crippen LogP contribution in [-0.2, 0) is 4.74 Å². The van der Waals surface area contributed by atoms with E-state index in [9.17, 15) is 0 Å². The van der Waals surface area contributed by atoms with Gasteiger partial charge in [-0.2, -0.15) is 0 Å². The second-order valence-electron chi connectivity index (χ2n) is 6.98. The minimum Gasteiger partial charge on any atom is -0.384 e. The summed E-state index contributed by atoms with van der Waals surface area (Å²) < 4.78 is 5.53. The molecule has 1 aliphatic heterocycles. The number of likely N-dealkylation sites (tertiary alicyclic amines) is 1. The minimum absolute atomic E-state index is 0.338. The second-order valence-corrected chi connectivity index (χ2v) is 6.98. The van der Waals surface area contributed by atoms with Gasteiger partial charge in [0.25, 0.3) is 0 Å². The zero-order chi connectivity index (χ0) is 14.7. The van der Waals surface area contributed by atoms with E-state index in [2.05, 4.69) is 47.6 Å². The molecule has 1 saturated heterocycles. The van der Waals surface area contributed by atoms with Crippen molar-refractivity contribution in [3.8, 4) is 0 Å². The van der Waals surface area contributed by atoms with Gasteiger partial charge in [-0.15, -0.1) is 0 Å². The van der Waals surface area contributed by atoms with Crippen LogP contribution in [0.4, 0.5) is 0 Å². The maximum atomic E-state index is 5.53. The van der Waals surface area contributed by atoms with E-state index in [4.69, 9.17) is 4.74 Å². The predicted octanol–water partition coefficient (Wildman–Crippen LogP) is 2.49. The molecule has 0 radical (unpaired) electrons. The first kappa shape index (κ1) is 15.0. The highest BCUT2D eigenvalue weighted by atomic mass is 16.5. The molecule has 1 aromatic rings. The van der Waals surface area contributed by atoms with Crippen LogP contribution in [0.3, 0.4) is 0 Å². The van der Waals surface area contributed by atoms with Crippen LogP contribution in [0.5, 0.6) is 0 Å². The van der Waals surface area contributed by atoms with E-state index < -0.39 is 0 Å². The predicted molar refractivity (Wildman–Crippen MR) is 86.6 cm³/mol. The second kappa shape index (κ2) is 6.47. The van der Waals surface area contributed by atoms with Gasteiger partial charge in [-0.05, 0) is 45.0 Å². The summed E-state index contributed by atoms with van der Waals surface area (Å²) in [5, 5.41) is 3.82. The van der Waals surface area contributed by atoms with E-state index in [0.717, 1.165) is 19.1 Å². The van der Waals surface area contributed by atoms with Gasteiger partial charge in [0.05, 0.1) is 6.61 Å². The van der Waals surface area contributed by atoms with E-state index in [1.165, 1.54) is 37.9 Å². The lowest BCUT2D eigenvalue weighted by atomic mass is 9.79. The summed E-state index contributed by atoms with van der Waals surface area (Å²) in [7, 11) is 4.06. The highest BCUT2D eigenvalue weighted by molar-refractivity contribution is 5.27. The average Bonchev–Trinajstić information content (AvgIpc) is 3.29. The third-order valence-corrected chi connectivity index (χ3v) is 5.26. The Hall–Kier alpha value is -0.900. The van der Waals surface area contributed by atoms with Gasteiger partial charge in [0.1, 0.15) is 0 Å². The summed E-state index contributed by atoms with van der Waals surface area (Å²) in [4.78, 5) is 2.43. The average molecular weight is 288 g/mol. The number of nitrogens with zero attached hydrogens (tertiary/aromatic N) is 1. The van der Waals surface area contributed by atoms with Crippen molar-refractivity contribution < 1.29 is 4.74 Å². The SMILES string of the molecule is COCC1(CN[C@@H]2C[C@H]2c2ccccc2)CCN(C)CC1. The van der Waals surface area contributed by atoms with Crippen LogP contribution < -0.4 is 5.32 Å². The molecule has 21 heavy (non-hydrogen) atoms. The molecular weight excluding hydrogens is 260 g/mol. The number of methoxy groups -OCH3 is 1. The fraction of sp³-hybridized carbons (Fsp3) is 0.667. The maximum Gasteiger partial charge on any atom is 0.0531 e. The number of hydrogen-bond acceptors (Lipinski definition) is 3. The summed E-state index contributed by atoms with van der Waals surface area (Å²) in [6.45, 7) is 4.37. The molecular formula is C18H28N2O. The van der Waals surface area contributed by atoms with Crippen molar-refractivity contribution in [3.63, 3.8) is 0 Å². The van der Waals surface area contributed by atoms with Crippen LogP contribution in [0.1, 0.15) is 30.7 Å². The molecule has 3 nitrogen and oxygen atoms in total. The molecule has 3 heteroatoms. The van der Waals surface area contributed by atoms with E-state index in [-0.39, 0.29) is 0 Å². The molecule has 2 atom stereocenters. The Bertz CT molecular complexity index is 440. The lowest BCUT2D eigenvalue weighted by Gasteiger charge is -2.40. The molecule has 2 aliphatic rings. The number of piperidine rings is 1. The van der Waals surface area contributed by atoms with Crippen molar-refractivity contribution >= 4 is 0 Å². The number of benzene rings is 1. The van der Waals surface area contributed by atoms with Crippen molar-refractivity contribution in [2.45, 2.75) is 31.2 Å². The van der Waals surface area contributed by atoms with Crippen molar-refractivity contribution in [3.05, 3.63) is 35.9 Å². The van der Waals surface area contributed by atoms with Crippen molar-refractivity contribution in [1.82, 2.24) is 10.2 Å². The van der Waals surface area contributed by atoms with Gasteiger partial charge < -0.3 is 15.0 Å². The molecule has 1 aromatic carbocycles. The topological polar surface area (TPSA) is 24.5 Å². The van der Waals surface area contributed by atoms with Gasteiger partial charge in [0.2, 0.25) is 0 Å². The Kier molecular flexibility index (Phi) is 4.63. The van der Waals surface area contributed by atoms with Gasteiger partial charge in [0, 0.05) is 31.0 Å². The van der Waals surface area contributed by atoms with Crippen LogP contribution in [0.15, 0.2) is 30.3 Å². The van der Waals surface area contributed by atoms with E-state index >= 15 is 0 Å². The normalized spacial score (nSPS) is 28.5. The Labute approximate surface area is 128 Å². The third kappa shape index (κ3) is 3.65. The van der Waals surface area contributed by atoms with Crippen LogP contribution in [0, 0.1) is 5.41 Å². The summed E-state index contributed by atoms with van der Waals surface area (Å²) in [5.74, 6) is 0.719. The van der Waals surface area contributed by atoms with Crippen LogP contribution in [0.25, 0.3) is 0 Å². The minimum atomic E-state index is 0.338. The molecule has 0 spiro atoms.